The molecule has 3 heteroatoms. The van der Waals surface area contributed by atoms with Gasteiger partial charge in [0, 0.05) is 6.54 Å². The molecule has 0 aromatic rings. The quantitative estimate of drug-likeness (QED) is 0.838. The number of carbonyl (C=O) groups is 1. The molecule has 3 nitrogen and oxygen atoms in total. The average Bonchev–Trinajstić information content (AvgIpc) is 2.87. The van der Waals surface area contributed by atoms with E-state index >= 15 is 0 Å². The van der Waals surface area contributed by atoms with Gasteiger partial charge in [-0.15, -0.1) is 0 Å². The van der Waals surface area contributed by atoms with Crippen molar-refractivity contribution in [3.8, 4) is 0 Å². The van der Waals surface area contributed by atoms with E-state index in [1.54, 1.807) is 0 Å². The second kappa shape index (κ2) is 6.46. The van der Waals surface area contributed by atoms with Gasteiger partial charge in [0.15, 0.2) is 0 Å². The van der Waals surface area contributed by atoms with E-state index in [0.29, 0.717) is 23.7 Å². The van der Waals surface area contributed by atoms with Crippen LogP contribution in [-0.4, -0.2) is 29.6 Å². The van der Waals surface area contributed by atoms with Gasteiger partial charge in [-0.3, -0.25) is 10.1 Å². The number of hydrogen-bond donors (Lipinski definition) is 1. The van der Waals surface area contributed by atoms with Gasteiger partial charge in [-0.25, -0.2) is 0 Å². The highest BCUT2D eigenvalue weighted by Gasteiger charge is 2.41. The molecule has 1 N–H and O–H groups in total. The molecule has 1 amide bonds. The molecule has 1 aliphatic heterocycles. The molecule has 4 atom stereocenters. The highest BCUT2D eigenvalue weighted by atomic mass is 16.2. The average molecular weight is 280 g/mol. The van der Waals surface area contributed by atoms with Crippen LogP contribution in [0.4, 0.5) is 0 Å². The zero-order chi connectivity index (χ0) is 14.9. The molecule has 0 spiro atoms. The maximum absolute atomic E-state index is 12.7. The van der Waals surface area contributed by atoms with Gasteiger partial charge < -0.3 is 4.90 Å². The van der Waals surface area contributed by atoms with Gasteiger partial charge in [0.2, 0.25) is 5.91 Å². The minimum Gasteiger partial charge on any atom is -0.325 e. The van der Waals surface area contributed by atoms with Gasteiger partial charge >= 0.3 is 0 Å². The van der Waals surface area contributed by atoms with Crippen LogP contribution >= 0.6 is 0 Å². The first-order chi connectivity index (χ1) is 9.40. The van der Waals surface area contributed by atoms with E-state index in [0.717, 1.165) is 18.9 Å². The number of nitrogens with zero attached hydrogens (tertiary/aromatic N) is 1. The molecule has 116 valence electrons. The molecule has 1 heterocycles. The summed E-state index contributed by atoms with van der Waals surface area (Å²) in [4.78, 5) is 14.9. The number of rotatable bonds is 5. The van der Waals surface area contributed by atoms with Crippen LogP contribution in [0.15, 0.2) is 0 Å². The zero-order valence-corrected chi connectivity index (χ0v) is 13.9. The zero-order valence-electron chi connectivity index (χ0n) is 13.9. The maximum atomic E-state index is 12.7. The second-order valence-corrected chi connectivity index (χ2v) is 7.69. The lowest BCUT2D eigenvalue weighted by Crippen LogP contribution is -2.41. The molecule has 2 rings (SSSR count). The highest BCUT2D eigenvalue weighted by Crippen LogP contribution is 2.33. The van der Waals surface area contributed by atoms with Crippen molar-refractivity contribution >= 4 is 5.91 Å². The summed E-state index contributed by atoms with van der Waals surface area (Å²) < 4.78 is 0. The summed E-state index contributed by atoms with van der Waals surface area (Å²) in [5.74, 6) is 2.82. The molecule has 4 unspecified atom stereocenters. The summed E-state index contributed by atoms with van der Waals surface area (Å²) >= 11 is 0. The molecule has 0 bridgehead atoms. The molecule has 1 aliphatic carbocycles. The Morgan fingerprint density at radius 2 is 1.95 bits per heavy atom. The fourth-order valence-corrected chi connectivity index (χ4v) is 3.78. The van der Waals surface area contributed by atoms with Crippen molar-refractivity contribution in [1.29, 1.82) is 0 Å². The van der Waals surface area contributed by atoms with E-state index in [9.17, 15) is 4.79 Å². The Labute approximate surface area is 124 Å². The molecule has 0 radical (unpaired) electrons. The van der Waals surface area contributed by atoms with Crippen molar-refractivity contribution in [2.75, 3.05) is 6.54 Å². The standard InChI is InChI=1S/C17H32N2O/c1-11(2)9-15-18-16(12(3)4)17(20)19(15)10-14-8-6-7-13(14)5/h11-16,18H,6-10H2,1-5H3. The first-order valence-corrected chi connectivity index (χ1v) is 8.46. The van der Waals surface area contributed by atoms with Crippen molar-refractivity contribution in [2.45, 2.75) is 72.5 Å². The van der Waals surface area contributed by atoms with Crippen LogP contribution in [0, 0.1) is 23.7 Å². The Bertz CT molecular complexity index is 340. The fourth-order valence-electron chi connectivity index (χ4n) is 3.78. The number of hydrogen-bond acceptors (Lipinski definition) is 2. The first kappa shape index (κ1) is 15.8. The van der Waals surface area contributed by atoms with Crippen molar-refractivity contribution in [3.63, 3.8) is 0 Å². The minimum atomic E-state index is 0.0236. The molecule has 2 fully saturated rings. The maximum Gasteiger partial charge on any atom is 0.241 e. The normalized spacial score (nSPS) is 34.8. The highest BCUT2D eigenvalue weighted by molar-refractivity contribution is 5.84. The van der Waals surface area contributed by atoms with Crippen molar-refractivity contribution in [2.24, 2.45) is 23.7 Å². The van der Waals surface area contributed by atoms with Gasteiger partial charge in [-0.1, -0.05) is 47.5 Å². The van der Waals surface area contributed by atoms with E-state index in [-0.39, 0.29) is 12.2 Å². The van der Waals surface area contributed by atoms with Crippen LogP contribution in [0.2, 0.25) is 0 Å². The third-order valence-corrected chi connectivity index (χ3v) is 5.13. The van der Waals surface area contributed by atoms with Crippen molar-refractivity contribution in [3.05, 3.63) is 0 Å². The number of carbonyl (C=O) groups excluding carboxylic acids is 1. The van der Waals surface area contributed by atoms with E-state index in [1.165, 1.54) is 19.3 Å². The Morgan fingerprint density at radius 1 is 1.25 bits per heavy atom. The topological polar surface area (TPSA) is 32.3 Å². The van der Waals surface area contributed by atoms with Gasteiger partial charge in [0.1, 0.15) is 0 Å². The lowest BCUT2D eigenvalue weighted by molar-refractivity contribution is -0.131. The molecule has 2 aliphatic rings. The summed E-state index contributed by atoms with van der Waals surface area (Å²) in [6, 6.07) is 0.0236. The first-order valence-electron chi connectivity index (χ1n) is 8.46. The SMILES string of the molecule is CC(C)CC1NC(C(C)C)C(=O)N1CC1CCCC1C. The molecule has 0 aromatic heterocycles. The van der Waals surface area contributed by atoms with Crippen LogP contribution < -0.4 is 5.32 Å². The molecular weight excluding hydrogens is 248 g/mol. The van der Waals surface area contributed by atoms with Crippen LogP contribution in [0.25, 0.3) is 0 Å². The third kappa shape index (κ3) is 3.36. The third-order valence-electron chi connectivity index (χ3n) is 5.13. The molecular formula is C17H32N2O. The van der Waals surface area contributed by atoms with Crippen molar-refractivity contribution < 1.29 is 4.79 Å². The number of nitrogens with one attached hydrogen (secondary N) is 1. The lowest BCUT2D eigenvalue weighted by Gasteiger charge is -2.29. The minimum absolute atomic E-state index is 0.0236. The second-order valence-electron chi connectivity index (χ2n) is 7.69. The summed E-state index contributed by atoms with van der Waals surface area (Å²) in [6.45, 7) is 12.1. The monoisotopic (exact) mass is 280 g/mol. The van der Waals surface area contributed by atoms with Crippen LogP contribution in [0.3, 0.4) is 0 Å². The lowest BCUT2D eigenvalue weighted by atomic mass is 9.96. The summed E-state index contributed by atoms with van der Waals surface area (Å²) in [5.41, 5.74) is 0. The Hall–Kier alpha value is -0.570. The molecule has 20 heavy (non-hydrogen) atoms. The number of amides is 1. The van der Waals surface area contributed by atoms with Gasteiger partial charge in [-0.2, -0.15) is 0 Å². The van der Waals surface area contributed by atoms with Gasteiger partial charge in [0.25, 0.3) is 0 Å². The Morgan fingerprint density at radius 3 is 2.45 bits per heavy atom. The summed E-state index contributed by atoms with van der Waals surface area (Å²) in [5, 5.41) is 3.59. The van der Waals surface area contributed by atoms with E-state index in [2.05, 4.69) is 44.8 Å². The largest absolute Gasteiger partial charge is 0.325 e. The van der Waals surface area contributed by atoms with Crippen LogP contribution in [0.1, 0.15) is 60.3 Å². The molecule has 0 aromatic carbocycles. The van der Waals surface area contributed by atoms with E-state index in [4.69, 9.17) is 0 Å². The van der Waals surface area contributed by atoms with Crippen LogP contribution in [-0.2, 0) is 4.79 Å². The fraction of sp³-hybridized carbons (Fsp3) is 0.941. The summed E-state index contributed by atoms with van der Waals surface area (Å²) in [7, 11) is 0. The van der Waals surface area contributed by atoms with Crippen LogP contribution in [0.5, 0.6) is 0 Å². The molecule has 1 saturated heterocycles. The predicted molar refractivity (Wildman–Crippen MR) is 83.2 cm³/mol. The molecule has 1 saturated carbocycles. The predicted octanol–water partition coefficient (Wildman–Crippen LogP) is 3.25. The van der Waals surface area contributed by atoms with Gasteiger partial charge in [-0.05, 0) is 36.5 Å². The Balaban J connectivity index is 2.06. The van der Waals surface area contributed by atoms with Crippen molar-refractivity contribution in [1.82, 2.24) is 10.2 Å². The Kier molecular flexibility index (Phi) is 5.11. The summed E-state index contributed by atoms with van der Waals surface area (Å²) in [6.07, 6.45) is 5.29. The van der Waals surface area contributed by atoms with E-state index in [1.807, 2.05) is 0 Å². The van der Waals surface area contributed by atoms with E-state index < -0.39 is 0 Å². The smallest absolute Gasteiger partial charge is 0.241 e. The van der Waals surface area contributed by atoms with Gasteiger partial charge in [0.05, 0.1) is 12.2 Å².